The van der Waals surface area contributed by atoms with Crippen LogP contribution in [0.15, 0.2) is 23.2 Å². The number of nitrogens with one attached hydrogen (secondary N) is 3. The monoisotopic (exact) mass is 279 g/mol. The number of amides is 2. The number of hydrogen-bond acceptors (Lipinski definition) is 3. The molecular formula is C12H17N5OS. The molecule has 0 aliphatic carbocycles. The second-order valence-electron chi connectivity index (χ2n) is 4.26. The van der Waals surface area contributed by atoms with Gasteiger partial charge in [-0.05, 0) is 24.6 Å². The zero-order valence-electron chi connectivity index (χ0n) is 10.9. The molecule has 0 radical (unpaired) electrons. The van der Waals surface area contributed by atoms with E-state index in [1.54, 1.807) is 7.05 Å². The van der Waals surface area contributed by atoms with Crippen molar-refractivity contribution in [3.63, 3.8) is 0 Å². The van der Waals surface area contributed by atoms with Crippen molar-refractivity contribution in [2.45, 2.75) is 6.92 Å². The van der Waals surface area contributed by atoms with Crippen molar-refractivity contribution in [2.24, 2.45) is 4.99 Å². The van der Waals surface area contributed by atoms with E-state index >= 15 is 0 Å². The molecule has 0 atom stereocenters. The summed E-state index contributed by atoms with van der Waals surface area (Å²) in [6.07, 6.45) is 0. The van der Waals surface area contributed by atoms with Gasteiger partial charge in [-0.15, -0.1) is 0 Å². The van der Waals surface area contributed by atoms with E-state index in [9.17, 15) is 4.79 Å². The first-order chi connectivity index (χ1) is 9.11. The van der Waals surface area contributed by atoms with Gasteiger partial charge in [-0.25, -0.2) is 9.79 Å². The van der Waals surface area contributed by atoms with Gasteiger partial charge < -0.3 is 10.6 Å². The van der Waals surface area contributed by atoms with Crippen LogP contribution >= 0.6 is 12.8 Å². The number of aryl methyl sites for hydroxylation is 1. The fourth-order valence-electron chi connectivity index (χ4n) is 1.74. The minimum absolute atomic E-state index is 0.289. The average Bonchev–Trinajstić information content (AvgIpc) is 2.92. The SMILES string of the molecule is Cc1ccc(N(C)C(=O)NS)cc1N=C1NCCN1. The molecule has 2 amide bonds. The topological polar surface area (TPSA) is 68.8 Å². The summed E-state index contributed by atoms with van der Waals surface area (Å²) in [4.78, 5) is 17.5. The van der Waals surface area contributed by atoms with E-state index in [0.717, 1.165) is 36.0 Å². The summed E-state index contributed by atoms with van der Waals surface area (Å²) in [6, 6.07) is 5.39. The molecule has 1 fully saturated rings. The maximum absolute atomic E-state index is 11.5. The van der Waals surface area contributed by atoms with Gasteiger partial charge in [-0.2, -0.15) is 0 Å². The zero-order valence-corrected chi connectivity index (χ0v) is 11.8. The second kappa shape index (κ2) is 5.83. The van der Waals surface area contributed by atoms with Crippen molar-refractivity contribution < 1.29 is 4.79 Å². The molecule has 1 heterocycles. The van der Waals surface area contributed by atoms with Crippen LogP contribution in [0.2, 0.25) is 0 Å². The van der Waals surface area contributed by atoms with Crippen LogP contribution in [0.4, 0.5) is 16.2 Å². The molecule has 0 unspecified atom stereocenters. The molecule has 1 saturated heterocycles. The number of rotatable bonds is 2. The lowest BCUT2D eigenvalue weighted by Crippen LogP contribution is -2.32. The Balaban J connectivity index is 2.29. The fraction of sp³-hybridized carbons (Fsp3) is 0.333. The highest BCUT2D eigenvalue weighted by Gasteiger charge is 2.11. The van der Waals surface area contributed by atoms with Crippen molar-refractivity contribution in [1.82, 2.24) is 15.4 Å². The lowest BCUT2D eigenvalue weighted by Gasteiger charge is -2.17. The summed E-state index contributed by atoms with van der Waals surface area (Å²) in [5.41, 5.74) is 2.63. The molecule has 2 rings (SSSR count). The number of urea groups is 1. The molecule has 1 aromatic rings. The standard InChI is InChI=1S/C12H17N5OS/c1-8-3-4-9(17(2)12(18)16-19)7-10(8)15-11-13-5-6-14-11/h3-4,7,19H,5-6H2,1-2H3,(H,16,18)(H2,13,14,15). The maximum atomic E-state index is 11.5. The minimum Gasteiger partial charge on any atom is -0.354 e. The quantitative estimate of drug-likeness (QED) is 0.614. The summed E-state index contributed by atoms with van der Waals surface area (Å²) >= 11 is 3.76. The predicted octanol–water partition coefficient (Wildman–Crippen LogP) is 1.17. The number of carbonyl (C=O) groups is 1. The van der Waals surface area contributed by atoms with Crippen LogP contribution in [-0.4, -0.2) is 32.1 Å². The summed E-state index contributed by atoms with van der Waals surface area (Å²) in [7, 11) is 1.68. The molecule has 3 N–H and O–H groups in total. The zero-order chi connectivity index (χ0) is 13.8. The van der Waals surface area contributed by atoms with E-state index in [1.807, 2.05) is 25.1 Å². The Morgan fingerprint density at radius 2 is 2.11 bits per heavy atom. The molecule has 6 nitrogen and oxygen atoms in total. The van der Waals surface area contributed by atoms with Gasteiger partial charge in [-0.1, -0.05) is 18.9 Å². The largest absolute Gasteiger partial charge is 0.354 e. The van der Waals surface area contributed by atoms with Gasteiger partial charge in [0.05, 0.1) is 5.69 Å². The molecule has 1 aromatic carbocycles. The van der Waals surface area contributed by atoms with Gasteiger partial charge in [-0.3, -0.25) is 9.62 Å². The number of nitrogens with zero attached hydrogens (tertiary/aromatic N) is 2. The first-order valence-electron chi connectivity index (χ1n) is 5.96. The van der Waals surface area contributed by atoms with Crippen LogP contribution < -0.4 is 20.3 Å². The third kappa shape index (κ3) is 3.11. The highest BCUT2D eigenvalue weighted by molar-refractivity contribution is 7.78. The van der Waals surface area contributed by atoms with Crippen molar-refractivity contribution in [3.8, 4) is 0 Å². The second-order valence-corrected chi connectivity index (χ2v) is 4.48. The van der Waals surface area contributed by atoms with Crippen LogP contribution in [0.25, 0.3) is 0 Å². The molecule has 7 heteroatoms. The van der Waals surface area contributed by atoms with E-state index in [-0.39, 0.29) is 6.03 Å². The Labute approximate surface area is 117 Å². The van der Waals surface area contributed by atoms with Crippen molar-refractivity contribution in [3.05, 3.63) is 23.8 Å². The Morgan fingerprint density at radius 3 is 2.74 bits per heavy atom. The van der Waals surface area contributed by atoms with Crippen LogP contribution in [0.5, 0.6) is 0 Å². The number of carbonyl (C=O) groups excluding carboxylic acids is 1. The molecule has 0 saturated carbocycles. The van der Waals surface area contributed by atoms with Gasteiger partial charge in [0.1, 0.15) is 0 Å². The van der Waals surface area contributed by atoms with E-state index in [2.05, 4.69) is 33.2 Å². The molecule has 19 heavy (non-hydrogen) atoms. The maximum Gasteiger partial charge on any atom is 0.331 e. The first kappa shape index (κ1) is 13.5. The number of benzene rings is 1. The minimum atomic E-state index is -0.289. The molecule has 0 spiro atoms. The van der Waals surface area contributed by atoms with Gasteiger partial charge in [0.25, 0.3) is 0 Å². The molecule has 1 aliphatic rings. The lowest BCUT2D eigenvalue weighted by molar-refractivity contribution is 0.253. The molecule has 0 aromatic heterocycles. The van der Waals surface area contributed by atoms with Gasteiger partial charge in [0.15, 0.2) is 5.96 Å². The summed E-state index contributed by atoms with van der Waals surface area (Å²) in [5, 5.41) is 6.30. The van der Waals surface area contributed by atoms with Gasteiger partial charge in [0, 0.05) is 25.8 Å². The summed E-state index contributed by atoms with van der Waals surface area (Å²) in [5.74, 6) is 0.765. The predicted molar refractivity (Wildman–Crippen MR) is 80.2 cm³/mol. The highest BCUT2D eigenvalue weighted by atomic mass is 32.1. The Morgan fingerprint density at radius 1 is 1.42 bits per heavy atom. The number of guanidine groups is 1. The summed E-state index contributed by atoms with van der Waals surface area (Å²) < 4.78 is 2.29. The van der Waals surface area contributed by atoms with Crippen LogP contribution in [0, 0.1) is 6.92 Å². The molecule has 102 valence electrons. The van der Waals surface area contributed by atoms with Crippen molar-refractivity contribution in [2.75, 3.05) is 25.0 Å². The van der Waals surface area contributed by atoms with E-state index in [4.69, 9.17) is 0 Å². The molecular weight excluding hydrogens is 262 g/mol. The van der Waals surface area contributed by atoms with Crippen LogP contribution in [-0.2, 0) is 0 Å². The van der Waals surface area contributed by atoms with Crippen molar-refractivity contribution in [1.29, 1.82) is 0 Å². The highest BCUT2D eigenvalue weighted by Crippen LogP contribution is 2.25. The Bertz CT molecular complexity index is 509. The lowest BCUT2D eigenvalue weighted by atomic mass is 10.2. The number of hydrogen-bond donors (Lipinski definition) is 4. The average molecular weight is 279 g/mol. The third-order valence-corrected chi connectivity index (χ3v) is 3.11. The van der Waals surface area contributed by atoms with E-state index < -0.39 is 0 Å². The first-order valence-corrected chi connectivity index (χ1v) is 6.41. The number of anilines is 1. The van der Waals surface area contributed by atoms with Gasteiger partial charge >= 0.3 is 6.03 Å². The van der Waals surface area contributed by atoms with E-state index in [0.29, 0.717) is 0 Å². The van der Waals surface area contributed by atoms with E-state index in [1.165, 1.54) is 4.90 Å². The third-order valence-electron chi connectivity index (χ3n) is 2.92. The van der Waals surface area contributed by atoms with Crippen molar-refractivity contribution >= 4 is 36.2 Å². The summed E-state index contributed by atoms with van der Waals surface area (Å²) in [6.45, 7) is 3.73. The molecule has 0 bridgehead atoms. The van der Waals surface area contributed by atoms with Gasteiger partial charge in [0.2, 0.25) is 0 Å². The smallest absolute Gasteiger partial charge is 0.331 e. The van der Waals surface area contributed by atoms with Crippen LogP contribution in [0.1, 0.15) is 5.56 Å². The number of thiol groups is 1. The Kier molecular flexibility index (Phi) is 4.16. The normalized spacial score (nSPS) is 13.5. The number of aliphatic imine (C=N–C) groups is 1. The van der Waals surface area contributed by atoms with Crippen LogP contribution in [0.3, 0.4) is 0 Å². The fourth-order valence-corrected chi connectivity index (χ4v) is 1.89. The Hall–Kier alpha value is -1.89. The molecule has 1 aliphatic heterocycles.